The second kappa shape index (κ2) is 2.54. The third-order valence-electron chi connectivity index (χ3n) is 1.63. The Hall–Kier alpha value is 0.370. The molecule has 3 heteroatoms. The maximum Gasteiger partial charge on any atom is 0.158 e. The normalized spacial score (nSPS) is 26.2. The fraction of sp³-hybridized carbons (Fsp3) is 0.833. The van der Waals surface area contributed by atoms with Crippen molar-refractivity contribution in [3.05, 3.63) is 0 Å². The molecule has 1 nitrogen and oxygen atoms in total. The van der Waals surface area contributed by atoms with Gasteiger partial charge in [-0.15, -0.1) is 0 Å². The number of ketones is 1. The van der Waals surface area contributed by atoms with E-state index in [0.717, 1.165) is 19.3 Å². The van der Waals surface area contributed by atoms with E-state index in [-0.39, 0.29) is 5.78 Å². The number of Topliss-reactive ketones (excluding diaryl/α,β-unsaturated/α-hetero) is 1. The lowest BCUT2D eigenvalue weighted by molar-refractivity contribution is -0.120. The molecule has 0 spiro atoms. The van der Waals surface area contributed by atoms with Gasteiger partial charge in [0.1, 0.15) is 4.08 Å². The fourth-order valence-corrected chi connectivity index (χ4v) is 1.54. The van der Waals surface area contributed by atoms with E-state index >= 15 is 0 Å². The van der Waals surface area contributed by atoms with Gasteiger partial charge in [0.2, 0.25) is 0 Å². The second-order valence-corrected chi connectivity index (χ2v) is 4.33. The van der Waals surface area contributed by atoms with E-state index in [2.05, 4.69) is 25.3 Å². The molecule has 0 radical (unpaired) electrons. The third-order valence-corrected chi connectivity index (χ3v) is 2.57. The van der Waals surface area contributed by atoms with Crippen molar-refractivity contribution in [2.24, 2.45) is 0 Å². The molecular formula is C6H10OS2. The Morgan fingerprint density at radius 2 is 2.00 bits per heavy atom. The Bertz CT molecular complexity index is 131. The number of rotatable bonds is 0. The highest BCUT2D eigenvalue weighted by Crippen LogP contribution is 2.33. The van der Waals surface area contributed by atoms with Crippen molar-refractivity contribution in [2.45, 2.75) is 29.8 Å². The molecule has 0 aromatic heterocycles. The van der Waals surface area contributed by atoms with E-state index in [9.17, 15) is 4.79 Å². The molecule has 0 N–H and O–H groups in total. The van der Waals surface area contributed by atoms with Crippen LogP contribution in [0.15, 0.2) is 0 Å². The van der Waals surface area contributed by atoms with Gasteiger partial charge in [-0.05, 0) is 12.8 Å². The lowest BCUT2D eigenvalue weighted by Gasteiger charge is -2.24. The van der Waals surface area contributed by atoms with Crippen molar-refractivity contribution < 1.29 is 4.79 Å². The number of thiol groups is 2. The van der Waals surface area contributed by atoms with Gasteiger partial charge in [0.25, 0.3) is 0 Å². The van der Waals surface area contributed by atoms with E-state index in [1.54, 1.807) is 0 Å². The zero-order chi connectivity index (χ0) is 6.91. The van der Waals surface area contributed by atoms with Crippen LogP contribution in [0.1, 0.15) is 25.7 Å². The zero-order valence-corrected chi connectivity index (χ0v) is 6.92. The average Bonchev–Trinajstić information content (AvgIpc) is 1.77. The minimum atomic E-state index is -0.613. The van der Waals surface area contributed by atoms with Crippen molar-refractivity contribution in [3.8, 4) is 0 Å². The van der Waals surface area contributed by atoms with Crippen LogP contribution in [0.25, 0.3) is 0 Å². The summed E-state index contributed by atoms with van der Waals surface area (Å²) in [7, 11) is 0. The average molecular weight is 162 g/mol. The summed E-state index contributed by atoms with van der Waals surface area (Å²) in [4.78, 5) is 11.0. The van der Waals surface area contributed by atoms with Crippen LogP contribution in [0.5, 0.6) is 0 Å². The van der Waals surface area contributed by atoms with Crippen LogP contribution in [0.2, 0.25) is 0 Å². The van der Waals surface area contributed by atoms with Gasteiger partial charge in [-0.3, -0.25) is 4.79 Å². The lowest BCUT2D eigenvalue weighted by Crippen LogP contribution is -2.29. The quantitative estimate of drug-likeness (QED) is 0.409. The molecule has 1 fully saturated rings. The summed E-state index contributed by atoms with van der Waals surface area (Å²) in [6, 6.07) is 0. The molecule has 0 saturated heterocycles. The van der Waals surface area contributed by atoms with Gasteiger partial charge < -0.3 is 0 Å². The molecule has 0 heterocycles. The molecule has 0 aromatic carbocycles. The molecule has 1 rings (SSSR count). The van der Waals surface area contributed by atoms with Crippen LogP contribution in [-0.4, -0.2) is 9.86 Å². The van der Waals surface area contributed by atoms with E-state index in [1.807, 2.05) is 0 Å². The Morgan fingerprint density at radius 3 is 2.33 bits per heavy atom. The summed E-state index contributed by atoms with van der Waals surface area (Å²) in [5.41, 5.74) is 0. The van der Waals surface area contributed by atoms with E-state index in [4.69, 9.17) is 0 Å². The summed E-state index contributed by atoms with van der Waals surface area (Å²) in [5.74, 6) is 0.181. The second-order valence-electron chi connectivity index (χ2n) is 2.45. The molecule has 0 amide bonds. The van der Waals surface area contributed by atoms with Crippen LogP contribution in [0.4, 0.5) is 0 Å². The van der Waals surface area contributed by atoms with Crippen LogP contribution in [0, 0.1) is 0 Å². The Kier molecular flexibility index (Phi) is 2.11. The van der Waals surface area contributed by atoms with Crippen LogP contribution >= 0.6 is 25.3 Å². The highest BCUT2D eigenvalue weighted by Gasteiger charge is 2.31. The molecule has 0 unspecified atom stereocenters. The van der Waals surface area contributed by atoms with Gasteiger partial charge in [-0.1, -0.05) is 6.42 Å². The number of carbonyl (C=O) groups excluding carboxylic acids is 1. The van der Waals surface area contributed by atoms with Crippen LogP contribution < -0.4 is 0 Å². The molecule has 1 aliphatic rings. The molecular weight excluding hydrogens is 152 g/mol. The molecule has 0 aromatic rings. The van der Waals surface area contributed by atoms with Gasteiger partial charge in [0, 0.05) is 6.42 Å². The summed E-state index contributed by atoms with van der Waals surface area (Å²) in [6.45, 7) is 0. The first-order valence-electron chi connectivity index (χ1n) is 3.11. The fourth-order valence-electron chi connectivity index (χ4n) is 0.997. The highest BCUT2D eigenvalue weighted by molar-refractivity contribution is 8.02. The third kappa shape index (κ3) is 1.64. The summed E-state index contributed by atoms with van der Waals surface area (Å²) >= 11 is 8.26. The van der Waals surface area contributed by atoms with Crippen molar-refractivity contribution >= 4 is 31.0 Å². The van der Waals surface area contributed by atoms with E-state index < -0.39 is 4.08 Å². The van der Waals surface area contributed by atoms with Gasteiger partial charge in [-0.25, -0.2) is 0 Å². The van der Waals surface area contributed by atoms with E-state index in [0.29, 0.717) is 6.42 Å². The van der Waals surface area contributed by atoms with Gasteiger partial charge in [-0.2, -0.15) is 25.3 Å². The summed E-state index contributed by atoms with van der Waals surface area (Å²) in [5, 5.41) is 0. The predicted octanol–water partition coefficient (Wildman–Crippen LogP) is 1.69. The topological polar surface area (TPSA) is 17.1 Å². The molecule has 0 atom stereocenters. The molecule has 0 aliphatic heterocycles. The minimum absolute atomic E-state index is 0.181. The number of hydrogen-bond acceptors (Lipinski definition) is 3. The predicted molar refractivity (Wildman–Crippen MR) is 44.2 cm³/mol. The lowest BCUT2D eigenvalue weighted by atomic mass is 9.98. The molecule has 52 valence electrons. The Labute approximate surface area is 66.0 Å². The number of hydrogen-bond donors (Lipinski definition) is 2. The first kappa shape index (κ1) is 7.48. The highest BCUT2D eigenvalue weighted by atomic mass is 32.2. The first-order chi connectivity index (χ1) is 4.13. The number of carbonyl (C=O) groups is 1. The molecule has 1 saturated carbocycles. The van der Waals surface area contributed by atoms with Gasteiger partial charge in [0.05, 0.1) is 0 Å². The Balaban J connectivity index is 2.60. The zero-order valence-electron chi connectivity index (χ0n) is 5.13. The monoisotopic (exact) mass is 162 g/mol. The van der Waals surface area contributed by atoms with Gasteiger partial charge in [0.15, 0.2) is 5.78 Å². The van der Waals surface area contributed by atoms with Crippen molar-refractivity contribution in [2.75, 3.05) is 0 Å². The van der Waals surface area contributed by atoms with Crippen molar-refractivity contribution in [3.63, 3.8) is 0 Å². The summed E-state index contributed by atoms with van der Waals surface area (Å²) in [6.07, 6.45) is 3.57. The Morgan fingerprint density at radius 1 is 1.33 bits per heavy atom. The summed E-state index contributed by atoms with van der Waals surface area (Å²) < 4.78 is -0.613. The SMILES string of the molecule is O=C1CCCCC1(S)S. The van der Waals surface area contributed by atoms with Gasteiger partial charge >= 0.3 is 0 Å². The standard InChI is InChI=1S/C6H10OS2/c7-5-3-1-2-4-6(5,8)9/h8-9H,1-4H2. The van der Waals surface area contributed by atoms with Crippen LogP contribution in [-0.2, 0) is 4.79 Å². The molecule has 1 aliphatic carbocycles. The maximum absolute atomic E-state index is 11.0. The van der Waals surface area contributed by atoms with Crippen LogP contribution in [0.3, 0.4) is 0 Å². The smallest absolute Gasteiger partial charge is 0.158 e. The van der Waals surface area contributed by atoms with Crippen molar-refractivity contribution in [1.82, 2.24) is 0 Å². The molecule has 0 bridgehead atoms. The molecule has 9 heavy (non-hydrogen) atoms. The van der Waals surface area contributed by atoms with E-state index in [1.165, 1.54) is 0 Å². The first-order valence-corrected chi connectivity index (χ1v) is 4.00. The largest absolute Gasteiger partial charge is 0.297 e. The maximum atomic E-state index is 11.0. The van der Waals surface area contributed by atoms with Crippen molar-refractivity contribution in [1.29, 1.82) is 0 Å². The minimum Gasteiger partial charge on any atom is -0.297 e.